The molecule has 0 aliphatic carbocycles. The number of likely N-dealkylation sites (tertiary alicyclic amines) is 1. The number of H-pyrrole nitrogens is 1. The molecule has 1 saturated heterocycles. The third-order valence-electron chi connectivity index (χ3n) is 4.83. The number of amides is 1. The minimum absolute atomic E-state index is 0.00290. The second kappa shape index (κ2) is 6.31. The van der Waals surface area contributed by atoms with E-state index in [0.717, 1.165) is 55.1 Å². The smallest absolute Gasteiger partial charge is 0.274 e. The Bertz CT molecular complexity index is 898. The lowest BCUT2D eigenvalue weighted by Gasteiger charge is -2.32. The van der Waals surface area contributed by atoms with Gasteiger partial charge < -0.3 is 4.90 Å². The summed E-state index contributed by atoms with van der Waals surface area (Å²) in [4.78, 5) is 19.3. The Morgan fingerprint density at radius 1 is 1.36 bits per heavy atom. The Morgan fingerprint density at radius 3 is 3.04 bits per heavy atom. The van der Waals surface area contributed by atoms with Gasteiger partial charge in [0.2, 0.25) is 0 Å². The number of carbonyl (C=O) groups excluding carboxylic acids is 1. The molecular weight excluding hydrogens is 316 g/mol. The van der Waals surface area contributed by atoms with Crippen LogP contribution in [-0.2, 0) is 6.42 Å². The van der Waals surface area contributed by atoms with Crippen molar-refractivity contribution in [1.82, 2.24) is 29.7 Å². The lowest BCUT2D eigenvalue weighted by molar-refractivity contribution is 0.0666. The lowest BCUT2D eigenvalue weighted by Crippen LogP contribution is -2.40. The topological polar surface area (TPSA) is 79.2 Å². The first-order chi connectivity index (χ1) is 12.1. The van der Waals surface area contributed by atoms with Gasteiger partial charge in [0.25, 0.3) is 5.91 Å². The van der Waals surface area contributed by atoms with Crippen LogP contribution in [0.2, 0.25) is 0 Å². The second-order valence-corrected chi connectivity index (χ2v) is 6.88. The summed E-state index contributed by atoms with van der Waals surface area (Å²) in [6, 6.07) is 5.76. The molecule has 0 saturated carbocycles. The van der Waals surface area contributed by atoms with Crippen molar-refractivity contribution in [3.63, 3.8) is 0 Å². The van der Waals surface area contributed by atoms with Gasteiger partial charge in [0.15, 0.2) is 11.3 Å². The Balaban J connectivity index is 1.53. The molecule has 1 amide bonds. The number of rotatable bonds is 3. The van der Waals surface area contributed by atoms with Crippen LogP contribution in [-0.4, -0.2) is 48.7 Å². The van der Waals surface area contributed by atoms with E-state index in [-0.39, 0.29) is 5.91 Å². The third kappa shape index (κ3) is 3.14. The van der Waals surface area contributed by atoms with Crippen LogP contribution in [0.3, 0.4) is 0 Å². The molecule has 1 atom stereocenters. The molecule has 1 aliphatic rings. The van der Waals surface area contributed by atoms with Crippen LogP contribution in [0, 0.1) is 19.8 Å². The Kier molecular flexibility index (Phi) is 3.99. The van der Waals surface area contributed by atoms with Crippen LogP contribution >= 0.6 is 0 Å². The molecule has 0 bridgehead atoms. The molecule has 1 N–H and O–H groups in total. The van der Waals surface area contributed by atoms with Gasteiger partial charge in [0.1, 0.15) is 0 Å². The predicted molar refractivity (Wildman–Crippen MR) is 93.4 cm³/mol. The number of carbonyl (C=O) groups is 1. The maximum absolute atomic E-state index is 12.9. The normalized spacial score (nSPS) is 18.0. The summed E-state index contributed by atoms with van der Waals surface area (Å²) in [5.74, 6) is 0.453. The van der Waals surface area contributed by atoms with Crippen LogP contribution in [0.5, 0.6) is 0 Å². The van der Waals surface area contributed by atoms with Crippen molar-refractivity contribution >= 4 is 11.6 Å². The zero-order valence-corrected chi connectivity index (χ0v) is 14.6. The van der Waals surface area contributed by atoms with E-state index < -0.39 is 0 Å². The van der Waals surface area contributed by atoms with E-state index in [1.54, 1.807) is 16.8 Å². The summed E-state index contributed by atoms with van der Waals surface area (Å²) in [7, 11) is 0. The highest BCUT2D eigenvalue weighted by molar-refractivity contribution is 5.93. The summed E-state index contributed by atoms with van der Waals surface area (Å²) < 4.78 is 1.74. The molecule has 1 fully saturated rings. The highest BCUT2D eigenvalue weighted by atomic mass is 16.2. The number of nitrogens with one attached hydrogen (secondary N) is 1. The number of hydrogen-bond acceptors (Lipinski definition) is 4. The highest BCUT2D eigenvalue weighted by Gasteiger charge is 2.26. The molecule has 4 rings (SSSR count). The number of fused-ring (bicyclic) bond motifs is 1. The molecule has 7 heteroatoms. The van der Waals surface area contributed by atoms with E-state index in [1.807, 2.05) is 30.9 Å². The Hall–Kier alpha value is -2.70. The summed E-state index contributed by atoms with van der Waals surface area (Å²) in [5.41, 5.74) is 4.25. The van der Waals surface area contributed by atoms with Crippen molar-refractivity contribution < 1.29 is 4.79 Å². The molecule has 0 spiro atoms. The van der Waals surface area contributed by atoms with Crippen LogP contribution in [0.25, 0.3) is 5.65 Å². The third-order valence-corrected chi connectivity index (χ3v) is 4.83. The molecule has 130 valence electrons. The van der Waals surface area contributed by atoms with E-state index in [2.05, 4.69) is 20.3 Å². The summed E-state index contributed by atoms with van der Waals surface area (Å²) in [6.45, 7) is 5.48. The monoisotopic (exact) mass is 338 g/mol. The van der Waals surface area contributed by atoms with Crippen molar-refractivity contribution in [3.05, 3.63) is 47.2 Å². The van der Waals surface area contributed by atoms with Crippen LogP contribution in [0.15, 0.2) is 24.4 Å². The van der Waals surface area contributed by atoms with Gasteiger partial charge in [-0.15, -0.1) is 0 Å². The largest absolute Gasteiger partial charge is 0.337 e. The van der Waals surface area contributed by atoms with Gasteiger partial charge in [-0.25, -0.2) is 9.50 Å². The maximum Gasteiger partial charge on any atom is 0.274 e. The minimum Gasteiger partial charge on any atom is -0.337 e. The van der Waals surface area contributed by atoms with Gasteiger partial charge in [0.05, 0.1) is 0 Å². The standard InChI is InChI=1S/C18H22N6O/c1-12-8-13(2)24-17(20-12)10-16(22-24)18(25)23-7-3-4-14(11-23)9-15-5-6-19-21-15/h5-6,8,10,14H,3-4,7,9,11H2,1-2H3,(H,19,21). The fourth-order valence-corrected chi connectivity index (χ4v) is 3.68. The number of aryl methyl sites for hydroxylation is 2. The van der Waals surface area contributed by atoms with Crippen LogP contribution in [0.4, 0.5) is 0 Å². The molecule has 0 aromatic carbocycles. The second-order valence-electron chi connectivity index (χ2n) is 6.88. The predicted octanol–water partition coefficient (Wildman–Crippen LogP) is 2.16. The number of piperidine rings is 1. The van der Waals surface area contributed by atoms with E-state index in [9.17, 15) is 4.79 Å². The summed E-state index contributed by atoms with van der Waals surface area (Å²) >= 11 is 0. The number of aromatic nitrogens is 5. The van der Waals surface area contributed by atoms with E-state index in [0.29, 0.717) is 11.6 Å². The molecule has 1 aliphatic heterocycles. The molecule has 7 nitrogen and oxygen atoms in total. The molecule has 3 aromatic heterocycles. The Morgan fingerprint density at radius 2 is 2.24 bits per heavy atom. The maximum atomic E-state index is 12.9. The highest BCUT2D eigenvalue weighted by Crippen LogP contribution is 2.22. The number of aromatic amines is 1. The van der Waals surface area contributed by atoms with Crippen LogP contribution in [0.1, 0.15) is 40.4 Å². The van der Waals surface area contributed by atoms with Gasteiger partial charge >= 0.3 is 0 Å². The molecule has 25 heavy (non-hydrogen) atoms. The molecule has 3 aromatic rings. The summed E-state index contributed by atoms with van der Waals surface area (Å²) in [6.07, 6.45) is 4.85. The first kappa shape index (κ1) is 15.8. The van der Waals surface area contributed by atoms with E-state index >= 15 is 0 Å². The molecule has 4 heterocycles. The zero-order chi connectivity index (χ0) is 17.4. The minimum atomic E-state index is -0.00290. The molecule has 0 radical (unpaired) electrons. The van der Waals surface area contributed by atoms with Crippen molar-refractivity contribution in [2.45, 2.75) is 33.1 Å². The number of hydrogen-bond donors (Lipinski definition) is 1. The van der Waals surface area contributed by atoms with Gasteiger partial charge in [-0.3, -0.25) is 9.89 Å². The average Bonchev–Trinajstić information content (AvgIpc) is 3.24. The van der Waals surface area contributed by atoms with E-state index in [1.165, 1.54) is 0 Å². The first-order valence-corrected chi connectivity index (χ1v) is 8.72. The van der Waals surface area contributed by atoms with Gasteiger partial charge in [-0.2, -0.15) is 10.2 Å². The zero-order valence-electron chi connectivity index (χ0n) is 14.6. The first-order valence-electron chi connectivity index (χ1n) is 8.72. The Labute approximate surface area is 146 Å². The van der Waals surface area contributed by atoms with E-state index in [4.69, 9.17) is 0 Å². The van der Waals surface area contributed by atoms with Crippen molar-refractivity contribution in [3.8, 4) is 0 Å². The SMILES string of the molecule is Cc1cc(C)n2nc(C(=O)N3CCCC(Cc4ccn[nH]4)C3)cc2n1. The van der Waals surface area contributed by atoms with Crippen molar-refractivity contribution in [2.75, 3.05) is 13.1 Å². The fourth-order valence-electron chi connectivity index (χ4n) is 3.68. The van der Waals surface area contributed by atoms with Crippen molar-refractivity contribution in [2.24, 2.45) is 5.92 Å². The van der Waals surface area contributed by atoms with Gasteiger partial charge in [0, 0.05) is 42.4 Å². The number of nitrogens with zero attached hydrogens (tertiary/aromatic N) is 5. The quantitative estimate of drug-likeness (QED) is 0.794. The van der Waals surface area contributed by atoms with Crippen LogP contribution < -0.4 is 0 Å². The fraction of sp³-hybridized carbons (Fsp3) is 0.444. The lowest BCUT2D eigenvalue weighted by atomic mass is 9.93. The van der Waals surface area contributed by atoms with Gasteiger partial charge in [-0.1, -0.05) is 0 Å². The summed E-state index contributed by atoms with van der Waals surface area (Å²) in [5, 5.41) is 11.5. The van der Waals surface area contributed by atoms with Gasteiger partial charge in [-0.05, 0) is 51.2 Å². The average molecular weight is 338 g/mol. The van der Waals surface area contributed by atoms with Crippen molar-refractivity contribution in [1.29, 1.82) is 0 Å². The molecule has 1 unspecified atom stereocenters. The molecular formula is C18H22N6O.